The highest BCUT2D eigenvalue weighted by Gasteiger charge is 2.33. The van der Waals surface area contributed by atoms with E-state index >= 15 is 0 Å². The summed E-state index contributed by atoms with van der Waals surface area (Å²) >= 11 is 1.71. The van der Waals surface area contributed by atoms with E-state index in [9.17, 15) is 9.59 Å². The number of ether oxygens (including phenoxy) is 2. The largest absolute Gasteiger partial charge is 0.497 e. The molecule has 8 heteroatoms. The molecule has 0 N–H and O–H groups in total. The number of carbonyl (C=O) groups excluding carboxylic acids is 2. The fourth-order valence-electron chi connectivity index (χ4n) is 4.07. The summed E-state index contributed by atoms with van der Waals surface area (Å²) in [6.07, 6.45) is 3.01. The molecule has 4 rings (SSSR count). The van der Waals surface area contributed by atoms with Gasteiger partial charge in [-0.2, -0.15) is 0 Å². The van der Waals surface area contributed by atoms with Gasteiger partial charge in [0.15, 0.2) is 5.76 Å². The molecule has 0 spiro atoms. The van der Waals surface area contributed by atoms with Crippen molar-refractivity contribution in [1.82, 2.24) is 9.80 Å². The maximum absolute atomic E-state index is 13.4. The Bertz CT molecular complexity index is 1080. The van der Waals surface area contributed by atoms with Crippen molar-refractivity contribution in [2.75, 3.05) is 33.4 Å². The van der Waals surface area contributed by atoms with E-state index in [0.29, 0.717) is 31.2 Å². The zero-order valence-electron chi connectivity index (χ0n) is 18.9. The van der Waals surface area contributed by atoms with Crippen LogP contribution in [0.1, 0.15) is 40.4 Å². The zero-order valence-corrected chi connectivity index (χ0v) is 19.7. The lowest BCUT2D eigenvalue weighted by molar-refractivity contribution is -0.135. The van der Waals surface area contributed by atoms with E-state index in [-0.39, 0.29) is 30.2 Å². The Morgan fingerprint density at radius 3 is 2.82 bits per heavy atom. The molecule has 1 aliphatic rings. The number of rotatable bonds is 9. The Kier molecular flexibility index (Phi) is 7.34. The van der Waals surface area contributed by atoms with Crippen molar-refractivity contribution in [2.45, 2.75) is 25.8 Å². The van der Waals surface area contributed by atoms with Crippen molar-refractivity contribution < 1.29 is 23.5 Å². The molecule has 0 fully saturated rings. The quantitative estimate of drug-likeness (QED) is 0.465. The minimum atomic E-state index is -0.271. The SMILES string of the molecule is CCCN(CC(=O)N1CCc2sccc2C1COc1cccc(OC)c1)C(=O)c1ccco1. The molecule has 2 amide bonds. The van der Waals surface area contributed by atoms with Crippen LogP contribution in [0.15, 0.2) is 58.5 Å². The summed E-state index contributed by atoms with van der Waals surface area (Å²) in [6, 6.07) is 12.6. The lowest BCUT2D eigenvalue weighted by atomic mass is 10.0. The predicted octanol–water partition coefficient (Wildman–Crippen LogP) is 4.41. The summed E-state index contributed by atoms with van der Waals surface area (Å²) in [5.74, 6) is 1.27. The van der Waals surface area contributed by atoms with Gasteiger partial charge in [-0.25, -0.2) is 0 Å². The Hall–Kier alpha value is -3.26. The Balaban J connectivity index is 1.51. The first-order valence-corrected chi connectivity index (χ1v) is 11.9. The number of nitrogens with zero attached hydrogens (tertiary/aromatic N) is 2. The molecular weight excluding hydrogens is 440 g/mol. The molecule has 174 valence electrons. The van der Waals surface area contributed by atoms with Crippen LogP contribution in [0.2, 0.25) is 0 Å². The van der Waals surface area contributed by atoms with E-state index in [4.69, 9.17) is 13.9 Å². The third-order valence-corrected chi connectivity index (χ3v) is 6.70. The van der Waals surface area contributed by atoms with Crippen molar-refractivity contribution in [2.24, 2.45) is 0 Å². The predicted molar refractivity (Wildman–Crippen MR) is 126 cm³/mol. The number of thiophene rings is 1. The van der Waals surface area contributed by atoms with Gasteiger partial charge in [0, 0.05) is 24.0 Å². The second-order valence-corrected chi connectivity index (χ2v) is 8.85. The molecule has 0 saturated carbocycles. The van der Waals surface area contributed by atoms with E-state index in [1.54, 1.807) is 35.5 Å². The van der Waals surface area contributed by atoms with E-state index in [0.717, 1.165) is 18.4 Å². The second-order valence-electron chi connectivity index (χ2n) is 7.85. The number of hydrogen-bond donors (Lipinski definition) is 0. The molecule has 7 nitrogen and oxygen atoms in total. The molecule has 1 aliphatic heterocycles. The molecule has 2 aromatic heterocycles. The number of carbonyl (C=O) groups is 2. The van der Waals surface area contributed by atoms with Gasteiger partial charge in [-0.1, -0.05) is 13.0 Å². The van der Waals surface area contributed by atoms with Crippen molar-refractivity contribution in [3.8, 4) is 11.5 Å². The van der Waals surface area contributed by atoms with Crippen LogP contribution in [0.4, 0.5) is 0 Å². The first-order valence-electron chi connectivity index (χ1n) is 11.1. The third-order valence-electron chi connectivity index (χ3n) is 5.70. The summed E-state index contributed by atoms with van der Waals surface area (Å²) in [5.41, 5.74) is 1.11. The minimum absolute atomic E-state index is 0.00248. The molecule has 3 aromatic rings. The van der Waals surface area contributed by atoms with Crippen LogP contribution in [0, 0.1) is 0 Å². The number of methoxy groups -OCH3 is 1. The number of fused-ring (bicyclic) bond motifs is 1. The molecule has 1 unspecified atom stereocenters. The molecular formula is C25H28N2O5S. The van der Waals surface area contributed by atoms with Gasteiger partial charge in [-0.3, -0.25) is 9.59 Å². The summed E-state index contributed by atoms with van der Waals surface area (Å²) in [4.78, 5) is 31.0. The number of hydrogen-bond acceptors (Lipinski definition) is 6. The highest BCUT2D eigenvalue weighted by atomic mass is 32.1. The Labute approximate surface area is 197 Å². The van der Waals surface area contributed by atoms with Crippen LogP contribution in [0.25, 0.3) is 0 Å². The van der Waals surface area contributed by atoms with Gasteiger partial charge in [-0.15, -0.1) is 11.3 Å². The fraction of sp³-hybridized carbons (Fsp3) is 0.360. The van der Waals surface area contributed by atoms with Gasteiger partial charge in [0.05, 0.1) is 19.4 Å². The summed E-state index contributed by atoms with van der Waals surface area (Å²) in [6.45, 7) is 3.38. The Morgan fingerprint density at radius 2 is 2.06 bits per heavy atom. The third kappa shape index (κ3) is 5.22. The van der Waals surface area contributed by atoms with Gasteiger partial charge >= 0.3 is 0 Å². The zero-order chi connectivity index (χ0) is 23.2. The topological polar surface area (TPSA) is 72.2 Å². The van der Waals surface area contributed by atoms with E-state index in [1.165, 1.54) is 11.1 Å². The molecule has 0 bridgehead atoms. The van der Waals surface area contributed by atoms with E-state index < -0.39 is 0 Å². The highest BCUT2D eigenvalue weighted by molar-refractivity contribution is 7.10. The van der Waals surface area contributed by atoms with Gasteiger partial charge in [-0.05, 0) is 54.1 Å². The van der Waals surface area contributed by atoms with Crippen LogP contribution < -0.4 is 9.47 Å². The average molecular weight is 469 g/mol. The lowest BCUT2D eigenvalue weighted by Gasteiger charge is -2.37. The maximum atomic E-state index is 13.4. The molecule has 0 aliphatic carbocycles. The fourth-order valence-corrected chi connectivity index (χ4v) is 5.00. The lowest BCUT2D eigenvalue weighted by Crippen LogP contribution is -2.48. The van der Waals surface area contributed by atoms with Crippen LogP contribution in [0.5, 0.6) is 11.5 Å². The van der Waals surface area contributed by atoms with E-state index in [1.807, 2.05) is 36.1 Å². The Morgan fingerprint density at radius 1 is 1.21 bits per heavy atom. The molecule has 1 aromatic carbocycles. The van der Waals surface area contributed by atoms with Crippen molar-refractivity contribution in [3.05, 3.63) is 70.3 Å². The van der Waals surface area contributed by atoms with Gasteiger partial charge in [0.25, 0.3) is 5.91 Å². The van der Waals surface area contributed by atoms with Gasteiger partial charge in [0.2, 0.25) is 5.91 Å². The normalized spacial score (nSPS) is 15.1. The number of furan rings is 1. The molecule has 1 atom stereocenters. The summed E-state index contributed by atoms with van der Waals surface area (Å²) in [7, 11) is 1.62. The van der Waals surface area contributed by atoms with Crippen molar-refractivity contribution in [3.63, 3.8) is 0 Å². The van der Waals surface area contributed by atoms with Crippen molar-refractivity contribution in [1.29, 1.82) is 0 Å². The first-order chi connectivity index (χ1) is 16.1. The maximum Gasteiger partial charge on any atom is 0.290 e. The molecule has 33 heavy (non-hydrogen) atoms. The average Bonchev–Trinajstić information content (AvgIpc) is 3.54. The van der Waals surface area contributed by atoms with Gasteiger partial charge in [0.1, 0.15) is 24.7 Å². The van der Waals surface area contributed by atoms with E-state index in [2.05, 4.69) is 11.4 Å². The second kappa shape index (κ2) is 10.6. The minimum Gasteiger partial charge on any atom is -0.497 e. The van der Waals surface area contributed by atoms with Gasteiger partial charge < -0.3 is 23.7 Å². The molecule has 3 heterocycles. The standard InChI is InChI=1S/C25H28N2O5S/c1-3-11-26(25(29)22-8-5-13-31-22)16-24(28)27-12-9-23-20(10-14-33-23)21(27)17-32-19-7-4-6-18(15-19)30-2/h4-8,10,13-15,21H,3,9,11-12,16-17H2,1-2H3. The van der Waals surface area contributed by atoms with Crippen LogP contribution in [0.3, 0.4) is 0 Å². The smallest absolute Gasteiger partial charge is 0.290 e. The summed E-state index contributed by atoms with van der Waals surface area (Å²) in [5, 5.41) is 2.06. The van der Waals surface area contributed by atoms with Crippen LogP contribution in [-0.4, -0.2) is 55.0 Å². The van der Waals surface area contributed by atoms with Crippen molar-refractivity contribution >= 4 is 23.2 Å². The molecule has 0 saturated heterocycles. The van der Waals surface area contributed by atoms with Crippen LogP contribution in [-0.2, 0) is 11.2 Å². The summed E-state index contributed by atoms with van der Waals surface area (Å²) < 4.78 is 16.6. The number of amides is 2. The first kappa shape index (κ1) is 22.9. The molecule has 0 radical (unpaired) electrons. The van der Waals surface area contributed by atoms with Crippen LogP contribution >= 0.6 is 11.3 Å². The highest BCUT2D eigenvalue weighted by Crippen LogP contribution is 2.34. The number of benzene rings is 1. The monoisotopic (exact) mass is 468 g/mol.